The van der Waals surface area contributed by atoms with E-state index in [2.05, 4.69) is 0 Å². The molecule has 0 amide bonds. The van der Waals surface area contributed by atoms with Crippen LogP contribution in [0.1, 0.15) is 19.3 Å². The molecule has 5 nitrogen and oxygen atoms in total. The summed E-state index contributed by atoms with van der Waals surface area (Å²) < 4.78 is 45.8. The van der Waals surface area contributed by atoms with E-state index in [4.69, 9.17) is 10.5 Å². The summed E-state index contributed by atoms with van der Waals surface area (Å²) in [6.07, 6.45) is 2.58. The van der Waals surface area contributed by atoms with Gasteiger partial charge in [-0.2, -0.15) is 4.31 Å². The number of rotatable bonds is 2. The standard InChI is InChI=1S/C13H17FN2O3S/c14-9-6-10(15)8-11(7-9)20(17,18)16-4-5-19-13-3-1-2-12(13)16/h6-8,12-13H,1-5,15H2. The van der Waals surface area contributed by atoms with Gasteiger partial charge in [0.1, 0.15) is 5.82 Å². The van der Waals surface area contributed by atoms with Crippen LogP contribution in [0.5, 0.6) is 0 Å². The monoisotopic (exact) mass is 300 g/mol. The molecular weight excluding hydrogens is 283 g/mol. The van der Waals surface area contributed by atoms with Crippen LogP contribution in [0, 0.1) is 5.82 Å². The zero-order chi connectivity index (χ0) is 14.3. The van der Waals surface area contributed by atoms with Gasteiger partial charge in [-0.25, -0.2) is 12.8 Å². The van der Waals surface area contributed by atoms with Crippen molar-refractivity contribution < 1.29 is 17.5 Å². The van der Waals surface area contributed by atoms with E-state index in [1.807, 2.05) is 0 Å². The van der Waals surface area contributed by atoms with E-state index in [1.54, 1.807) is 0 Å². The topological polar surface area (TPSA) is 72.6 Å². The Morgan fingerprint density at radius 3 is 2.85 bits per heavy atom. The first kappa shape index (κ1) is 13.8. The van der Waals surface area contributed by atoms with Gasteiger partial charge in [0.15, 0.2) is 0 Å². The van der Waals surface area contributed by atoms with Crippen LogP contribution >= 0.6 is 0 Å². The number of benzene rings is 1. The third kappa shape index (κ3) is 2.30. The third-order valence-corrected chi connectivity index (χ3v) is 5.83. The number of nitrogens with two attached hydrogens (primary N) is 1. The molecule has 2 aliphatic rings. The number of ether oxygens (including phenoxy) is 1. The molecule has 1 aromatic rings. The average Bonchev–Trinajstić information content (AvgIpc) is 2.85. The minimum atomic E-state index is -3.73. The Morgan fingerprint density at radius 2 is 2.10 bits per heavy atom. The number of fused-ring (bicyclic) bond motifs is 1. The van der Waals surface area contributed by atoms with Gasteiger partial charge in [0.05, 0.1) is 23.6 Å². The zero-order valence-electron chi connectivity index (χ0n) is 11.0. The van der Waals surface area contributed by atoms with Gasteiger partial charge in [0.2, 0.25) is 10.0 Å². The Labute approximate surface area is 117 Å². The predicted octanol–water partition coefficient (Wildman–Crippen LogP) is 1.35. The lowest BCUT2D eigenvalue weighted by atomic mass is 10.2. The van der Waals surface area contributed by atoms with Crippen molar-refractivity contribution in [1.29, 1.82) is 0 Å². The Morgan fingerprint density at radius 1 is 1.30 bits per heavy atom. The lowest BCUT2D eigenvalue weighted by Crippen LogP contribution is -2.51. The van der Waals surface area contributed by atoms with E-state index in [0.29, 0.717) is 13.2 Å². The number of hydrogen-bond acceptors (Lipinski definition) is 4. The van der Waals surface area contributed by atoms with Crippen LogP contribution in [-0.4, -0.2) is 38.0 Å². The first-order chi connectivity index (χ1) is 9.48. The summed E-state index contributed by atoms with van der Waals surface area (Å²) in [5.74, 6) is -0.639. The third-order valence-electron chi connectivity index (χ3n) is 3.93. The van der Waals surface area contributed by atoms with Crippen molar-refractivity contribution >= 4 is 15.7 Å². The average molecular weight is 300 g/mol. The SMILES string of the molecule is Nc1cc(F)cc(S(=O)(=O)N2CCOC3CCCC32)c1. The molecule has 2 unspecified atom stereocenters. The van der Waals surface area contributed by atoms with Crippen molar-refractivity contribution in [3.8, 4) is 0 Å². The van der Waals surface area contributed by atoms with Crippen LogP contribution in [0.2, 0.25) is 0 Å². The van der Waals surface area contributed by atoms with Gasteiger partial charge in [-0.3, -0.25) is 0 Å². The van der Waals surface area contributed by atoms with Crippen molar-refractivity contribution in [3.05, 3.63) is 24.0 Å². The number of nitrogen functional groups attached to an aromatic ring is 1. The van der Waals surface area contributed by atoms with Gasteiger partial charge in [-0.15, -0.1) is 0 Å². The second-order valence-electron chi connectivity index (χ2n) is 5.24. The molecule has 1 saturated carbocycles. The molecule has 7 heteroatoms. The van der Waals surface area contributed by atoms with Crippen LogP contribution in [-0.2, 0) is 14.8 Å². The van der Waals surface area contributed by atoms with Crippen molar-refractivity contribution in [2.75, 3.05) is 18.9 Å². The number of anilines is 1. The molecule has 110 valence electrons. The number of nitrogens with zero attached hydrogens (tertiary/aromatic N) is 1. The van der Waals surface area contributed by atoms with Crippen LogP contribution in [0.4, 0.5) is 10.1 Å². The lowest BCUT2D eigenvalue weighted by Gasteiger charge is -2.36. The molecule has 1 saturated heterocycles. The fraction of sp³-hybridized carbons (Fsp3) is 0.538. The summed E-state index contributed by atoms with van der Waals surface area (Å²) in [4.78, 5) is -0.0810. The van der Waals surface area contributed by atoms with Crippen molar-refractivity contribution in [3.63, 3.8) is 0 Å². The Balaban J connectivity index is 1.98. The van der Waals surface area contributed by atoms with E-state index in [0.717, 1.165) is 31.4 Å². The van der Waals surface area contributed by atoms with Crippen molar-refractivity contribution in [1.82, 2.24) is 4.31 Å². The lowest BCUT2D eigenvalue weighted by molar-refractivity contribution is -0.0241. The molecule has 1 aromatic carbocycles. The Bertz CT molecular complexity index is 600. The number of halogens is 1. The van der Waals surface area contributed by atoms with Crippen LogP contribution < -0.4 is 5.73 Å². The molecule has 0 aromatic heterocycles. The summed E-state index contributed by atoms with van der Waals surface area (Å²) in [6, 6.07) is 3.29. The number of sulfonamides is 1. The maximum absolute atomic E-state index is 13.4. The molecule has 1 heterocycles. The van der Waals surface area contributed by atoms with Crippen molar-refractivity contribution in [2.24, 2.45) is 0 Å². The van der Waals surface area contributed by atoms with E-state index < -0.39 is 15.8 Å². The first-order valence-corrected chi connectivity index (χ1v) is 8.12. The fourth-order valence-electron chi connectivity index (χ4n) is 3.06. The normalized spacial score (nSPS) is 27.4. The molecule has 0 radical (unpaired) electrons. The molecule has 20 heavy (non-hydrogen) atoms. The highest BCUT2D eigenvalue weighted by molar-refractivity contribution is 7.89. The molecule has 3 rings (SSSR count). The van der Waals surface area contributed by atoms with Crippen LogP contribution in [0.3, 0.4) is 0 Å². The minimum absolute atomic E-state index is 0.0376. The van der Waals surface area contributed by atoms with E-state index >= 15 is 0 Å². The molecule has 2 fully saturated rings. The molecule has 2 N–H and O–H groups in total. The molecule has 2 atom stereocenters. The van der Waals surface area contributed by atoms with E-state index in [-0.39, 0.29) is 22.7 Å². The van der Waals surface area contributed by atoms with Gasteiger partial charge in [-0.05, 0) is 37.5 Å². The molecule has 0 spiro atoms. The molecular formula is C13H17FN2O3S. The zero-order valence-corrected chi connectivity index (χ0v) is 11.8. The summed E-state index contributed by atoms with van der Waals surface area (Å²) in [5.41, 5.74) is 5.66. The van der Waals surface area contributed by atoms with E-state index in [1.165, 1.54) is 10.4 Å². The second-order valence-corrected chi connectivity index (χ2v) is 7.13. The maximum Gasteiger partial charge on any atom is 0.243 e. The summed E-state index contributed by atoms with van der Waals surface area (Å²) in [7, 11) is -3.73. The van der Waals surface area contributed by atoms with Gasteiger partial charge in [0.25, 0.3) is 0 Å². The largest absolute Gasteiger partial charge is 0.399 e. The summed E-state index contributed by atoms with van der Waals surface area (Å²) in [6.45, 7) is 0.686. The van der Waals surface area contributed by atoms with Crippen LogP contribution in [0.25, 0.3) is 0 Å². The second kappa shape index (κ2) is 4.98. The quantitative estimate of drug-likeness (QED) is 0.837. The smallest absolute Gasteiger partial charge is 0.243 e. The fourth-order valence-corrected chi connectivity index (χ4v) is 4.79. The minimum Gasteiger partial charge on any atom is -0.399 e. The molecule has 1 aliphatic carbocycles. The summed E-state index contributed by atoms with van der Waals surface area (Å²) in [5, 5.41) is 0. The highest BCUT2D eigenvalue weighted by Gasteiger charge is 2.42. The van der Waals surface area contributed by atoms with Gasteiger partial charge >= 0.3 is 0 Å². The van der Waals surface area contributed by atoms with Crippen LogP contribution in [0.15, 0.2) is 23.1 Å². The Kier molecular flexibility index (Phi) is 3.43. The maximum atomic E-state index is 13.4. The number of hydrogen-bond donors (Lipinski definition) is 1. The Hall–Kier alpha value is -1.18. The highest BCUT2D eigenvalue weighted by Crippen LogP contribution is 2.33. The highest BCUT2D eigenvalue weighted by atomic mass is 32.2. The molecule has 1 aliphatic heterocycles. The predicted molar refractivity (Wildman–Crippen MR) is 72.1 cm³/mol. The van der Waals surface area contributed by atoms with Gasteiger partial charge in [0, 0.05) is 12.2 Å². The summed E-state index contributed by atoms with van der Waals surface area (Å²) >= 11 is 0. The van der Waals surface area contributed by atoms with Gasteiger partial charge < -0.3 is 10.5 Å². The van der Waals surface area contributed by atoms with Crippen molar-refractivity contribution in [2.45, 2.75) is 36.3 Å². The van der Waals surface area contributed by atoms with E-state index in [9.17, 15) is 12.8 Å². The number of morpholine rings is 1. The molecule has 0 bridgehead atoms. The van der Waals surface area contributed by atoms with Gasteiger partial charge in [-0.1, -0.05) is 0 Å². The first-order valence-electron chi connectivity index (χ1n) is 6.68.